The maximum Gasteiger partial charge on any atom is 0.324 e. The second-order valence-electron chi connectivity index (χ2n) is 3.13. The highest BCUT2D eigenvalue weighted by molar-refractivity contribution is 7.16. The van der Waals surface area contributed by atoms with Crippen molar-refractivity contribution in [3.05, 3.63) is 33.2 Å². The molecule has 0 radical (unpaired) electrons. The van der Waals surface area contributed by atoms with Crippen molar-refractivity contribution < 1.29 is 14.8 Å². The number of carbonyl (C=O) groups excluding carboxylic acids is 1. The number of carbonyl (C=O) groups is 1. The van der Waals surface area contributed by atoms with Gasteiger partial charge in [-0.25, -0.2) is 0 Å². The minimum atomic E-state index is -0.469. The second kappa shape index (κ2) is 6.77. The van der Waals surface area contributed by atoms with Gasteiger partial charge in [-0.15, -0.1) is 0 Å². The van der Waals surface area contributed by atoms with Gasteiger partial charge >= 0.3 is 5.00 Å². The Morgan fingerprint density at radius 3 is 2.94 bits per heavy atom. The van der Waals surface area contributed by atoms with Crippen molar-refractivity contribution >= 4 is 28.3 Å². The van der Waals surface area contributed by atoms with Gasteiger partial charge in [0.05, 0.1) is 4.92 Å². The van der Waals surface area contributed by atoms with Gasteiger partial charge in [0.15, 0.2) is 0 Å². The lowest BCUT2D eigenvalue weighted by molar-refractivity contribution is -0.380. The normalized spacial score (nSPS) is 10.6. The second-order valence-corrected chi connectivity index (χ2v) is 4.23. The van der Waals surface area contributed by atoms with Crippen LogP contribution < -0.4 is 5.32 Å². The molecular weight excluding hydrogens is 244 g/mol. The Bertz CT molecular complexity index is 428. The number of aliphatic hydroxyl groups is 1. The maximum atomic E-state index is 11.2. The highest BCUT2D eigenvalue weighted by Gasteiger charge is 2.07. The number of hydrogen-bond donors (Lipinski definition) is 2. The summed E-state index contributed by atoms with van der Waals surface area (Å²) in [6.45, 7) is 0.436. The fourth-order valence-electron chi connectivity index (χ4n) is 1.04. The summed E-state index contributed by atoms with van der Waals surface area (Å²) < 4.78 is 0. The van der Waals surface area contributed by atoms with Crippen LogP contribution in [0.15, 0.2) is 18.2 Å². The van der Waals surface area contributed by atoms with Crippen LogP contribution in [0.5, 0.6) is 0 Å². The summed E-state index contributed by atoms with van der Waals surface area (Å²) >= 11 is 1.01. The Kier molecular flexibility index (Phi) is 5.31. The molecule has 0 aromatic carbocycles. The Balaban J connectivity index is 2.46. The number of thiophene rings is 1. The van der Waals surface area contributed by atoms with Crippen LogP contribution >= 0.6 is 11.3 Å². The van der Waals surface area contributed by atoms with Crippen molar-refractivity contribution in [1.82, 2.24) is 5.32 Å². The molecule has 0 saturated heterocycles. The fraction of sp³-hybridized carbons (Fsp3) is 0.300. The van der Waals surface area contributed by atoms with E-state index in [1.807, 2.05) is 0 Å². The minimum Gasteiger partial charge on any atom is -0.396 e. The SMILES string of the molecule is O=C(/C=C/c1ccc([N+](=O)[O-])s1)NCCCO. The van der Waals surface area contributed by atoms with E-state index in [4.69, 9.17) is 5.11 Å². The lowest BCUT2D eigenvalue weighted by Gasteiger charge is -1.98. The van der Waals surface area contributed by atoms with Crippen LogP contribution in [0.4, 0.5) is 5.00 Å². The molecule has 0 unspecified atom stereocenters. The number of hydrogen-bond acceptors (Lipinski definition) is 5. The number of aliphatic hydroxyl groups excluding tert-OH is 1. The van der Waals surface area contributed by atoms with Gasteiger partial charge in [-0.3, -0.25) is 14.9 Å². The average Bonchev–Trinajstić information content (AvgIpc) is 2.75. The molecule has 92 valence electrons. The molecule has 17 heavy (non-hydrogen) atoms. The van der Waals surface area contributed by atoms with E-state index < -0.39 is 4.92 Å². The van der Waals surface area contributed by atoms with E-state index in [1.54, 1.807) is 6.07 Å². The first-order valence-electron chi connectivity index (χ1n) is 4.94. The summed E-state index contributed by atoms with van der Waals surface area (Å²) in [5.41, 5.74) is 0. The molecule has 0 aliphatic carbocycles. The average molecular weight is 256 g/mol. The number of nitrogens with one attached hydrogen (secondary N) is 1. The lowest BCUT2D eigenvalue weighted by Crippen LogP contribution is -2.22. The molecular formula is C10H12N2O4S. The molecule has 2 N–H and O–H groups in total. The molecule has 0 saturated carbocycles. The van der Waals surface area contributed by atoms with Crippen molar-refractivity contribution in [2.45, 2.75) is 6.42 Å². The molecule has 0 fully saturated rings. The molecule has 1 aromatic rings. The summed E-state index contributed by atoms with van der Waals surface area (Å²) in [7, 11) is 0. The smallest absolute Gasteiger partial charge is 0.324 e. The van der Waals surface area contributed by atoms with Crippen molar-refractivity contribution in [2.24, 2.45) is 0 Å². The van der Waals surface area contributed by atoms with Crippen LogP contribution in [0.25, 0.3) is 6.08 Å². The van der Waals surface area contributed by atoms with Crippen molar-refractivity contribution in [3.8, 4) is 0 Å². The Labute approximate surface area is 102 Å². The van der Waals surface area contributed by atoms with E-state index in [0.717, 1.165) is 11.3 Å². The highest BCUT2D eigenvalue weighted by atomic mass is 32.1. The van der Waals surface area contributed by atoms with Gasteiger partial charge < -0.3 is 10.4 Å². The molecule has 1 amide bonds. The number of nitrogens with zero attached hydrogens (tertiary/aromatic N) is 1. The Morgan fingerprint density at radius 1 is 1.59 bits per heavy atom. The fourth-order valence-corrected chi connectivity index (χ4v) is 1.76. The van der Waals surface area contributed by atoms with Crippen LogP contribution in [0.3, 0.4) is 0 Å². The largest absolute Gasteiger partial charge is 0.396 e. The van der Waals surface area contributed by atoms with Gasteiger partial charge in [0, 0.05) is 30.2 Å². The zero-order chi connectivity index (χ0) is 12.7. The minimum absolute atomic E-state index is 0.0289. The Hall–Kier alpha value is -1.73. The van der Waals surface area contributed by atoms with E-state index in [-0.39, 0.29) is 17.5 Å². The van der Waals surface area contributed by atoms with Crippen LogP contribution in [0, 0.1) is 10.1 Å². The monoisotopic (exact) mass is 256 g/mol. The van der Waals surface area contributed by atoms with Crippen LogP contribution in [-0.4, -0.2) is 29.1 Å². The molecule has 1 rings (SSSR count). The van der Waals surface area contributed by atoms with Gasteiger partial charge in [-0.05, 0) is 18.6 Å². The van der Waals surface area contributed by atoms with E-state index in [0.29, 0.717) is 17.8 Å². The molecule has 0 spiro atoms. The van der Waals surface area contributed by atoms with Crippen molar-refractivity contribution in [3.63, 3.8) is 0 Å². The Morgan fingerprint density at radius 2 is 2.35 bits per heavy atom. The van der Waals surface area contributed by atoms with E-state index >= 15 is 0 Å². The van der Waals surface area contributed by atoms with Gasteiger partial charge in [0.1, 0.15) is 0 Å². The molecule has 7 heteroatoms. The molecule has 6 nitrogen and oxygen atoms in total. The summed E-state index contributed by atoms with van der Waals surface area (Å²) in [5, 5.41) is 21.5. The third-order valence-corrected chi connectivity index (χ3v) is 2.83. The third kappa shape index (κ3) is 4.75. The third-order valence-electron chi connectivity index (χ3n) is 1.83. The van der Waals surface area contributed by atoms with Gasteiger partial charge in [-0.2, -0.15) is 0 Å². The zero-order valence-electron chi connectivity index (χ0n) is 8.96. The number of amides is 1. The zero-order valence-corrected chi connectivity index (χ0v) is 9.77. The molecule has 1 aromatic heterocycles. The highest BCUT2D eigenvalue weighted by Crippen LogP contribution is 2.24. The van der Waals surface area contributed by atoms with E-state index in [2.05, 4.69) is 5.32 Å². The van der Waals surface area contributed by atoms with E-state index in [9.17, 15) is 14.9 Å². The first-order chi connectivity index (χ1) is 8.13. The van der Waals surface area contributed by atoms with Crippen LogP contribution in [-0.2, 0) is 4.79 Å². The summed E-state index contributed by atoms with van der Waals surface area (Å²) in [6.07, 6.45) is 3.34. The molecule has 0 aliphatic rings. The predicted molar refractivity (Wildman–Crippen MR) is 64.7 cm³/mol. The quantitative estimate of drug-likeness (QED) is 0.346. The van der Waals surface area contributed by atoms with Crippen molar-refractivity contribution in [2.75, 3.05) is 13.2 Å². The van der Waals surface area contributed by atoms with Crippen molar-refractivity contribution in [1.29, 1.82) is 0 Å². The predicted octanol–water partition coefficient (Wildman–Crippen LogP) is 1.17. The van der Waals surface area contributed by atoms with Gasteiger partial charge in [-0.1, -0.05) is 11.3 Å². The first-order valence-corrected chi connectivity index (χ1v) is 5.76. The van der Waals surface area contributed by atoms with E-state index in [1.165, 1.54) is 18.2 Å². The summed E-state index contributed by atoms with van der Waals surface area (Å²) in [5.74, 6) is -0.283. The molecule has 1 heterocycles. The molecule has 0 atom stereocenters. The summed E-state index contributed by atoms with van der Waals surface area (Å²) in [6, 6.07) is 2.98. The molecule has 0 aliphatic heterocycles. The number of rotatable bonds is 6. The first kappa shape index (κ1) is 13.3. The molecule has 0 bridgehead atoms. The van der Waals surface area contributed by atoms with Gasteiger partial charge in [0.25, 0.3) is 0 Å². The lowest BCUT2D eigenvalue weighted by atomic mass is 10.4. The van der Waals surface area contributed by atoms with Gasteiger partial charge in [0.2, 0.25) is 5.91 Å². The van der Waals surface area contributed by atoms with Crippen LogP contribution in [0.1, 0.15) is 11.3 Å². The summed E-state index contributed by atoms with van der Waals surface area (Å²) in [4.78, 5) is 21.8. The van der Waals surface area contributed by atoms with Crippen LogP contribution in [0.2, 0.25) is 0 Å². The standard InChI is InChI=1S/C10H12N2O4S/c13-7-1-6-11-9(14)4-2-8-3-5-10(17-8)12(15)16/h2-5,13H,1,6-7H2,(H,11,14)/b4-2+. The maximum absolute atomic E-state index is 11.2. The topological polar surface area (TPSA) is 92.5 Å². The number of nitro groups is 1.